The van der Waals surface area contributed by atoms with Crippen LogP contribution in [-0.2, 0) is 11.8 Å². The molecule has 0 saturated carbocycles. The zero-order valence-corrected chi connectivity index (χ0v) is 18.6. The van der Waals surface area contributed by atoms with E-state index in [1.807, 2.05) is 44.2 Å². The molecule has 31 heavy (non-hydrogen) atoms. The first-order valence-electron chi connectivity index (χ1n) is 10.00. The Hall–Kier alpha value is -3.38. The average Bonchev–Trinajstić information content (AvgIpc) is 3.05. The molecule has 2 aromatic heterocycles. The summed E-state index contributed by atoms with van der Waals surface area (Å²) in [6.07, 6.45) is 0. The van der Waals surface area contributed by atoms with Gasteiger partial charge in [0.1, 0.15) is 11.7 Å². The summed E-state index contributed by atoms with van der Waals surface area (Å²) in [6, 6.07) is 15.9. The van der Waals surface area contributed by atoms with Gasteiger partial charge in [-0.25, -0.2) is 0 Å². The van der Waals surface area contributed by atoms with Crippen molar-refractivity contribution in [3.8, 4) is 11.1 Å². The Morgan fingerprint density at radius 3 is 2.52 bits per heavy atom. The fourth-order valence-electron chi connectivity index (χ4n) is 3.92. The molecule has 1 atom stereocenters. The van der Waals surface area contributed by atoms with Crippen LogP contribution >= 0.6 is 11.6 Å². The second kappa shape index (κ2) is 8.04. The van der Waals surface area contributed by atoms with Crippen LogP contribution in [0.4, 0.5) is 5.69 Å². The molecule has 0 bridgehead atoms. The molecule has 158 valence electrons. The fourth-order valence-corrected chi connectivity index (χ4v) is 4.10. The van der Waals surface area contributed by atoms with Crippen LogP contribution in [0, 0.1) is 13.8 Å². The lowest BCUT2D eigenvalue weighted by Gasteiger charge is -2.19. The normalized spacial score (nSPS) is 12.2. The fraction of sp³-hybridized carbons (Fsp3) is 0.208. The maximum absolute atomic E-state index is 13.2. The van der Waals surface area contributed by atoms with Gasteiger partial charge in [-0.15, -0.1) is 0 Å². The number of carbonyl (C=O) groups excluding carboxylic acids is 1. The van der Waals surface area contributed by atoms with Crippen molar-refractivity contribution in [2.24, 2.45) is 7.05 Å². The zero-order chi connectivity index (χ0) is 22.3. The highest BCUT2D eigenvalue weighted by Gasteiger charge is 2.24. The molecule has 0 aliphatic heterocycles. The molecule has 0 spiro atoms. The van der Waals surface area contributed by atoms with Gasteiger partial charge in [0.15, 0.2) is 0 Å². The van der Waals surface area contributed by atoms with Crippen LogP contribution in [0.3, 0.4) is 0 Å². The number of anilines is 1. The highest BCUT2D eigenvalue weighted by atomic mass is 35.5. The maximum atomic E-state index is 13.2. The van der Waals surface area contributed by atoms with Crippen LogP contribution in [0.15, 0.2) is 59.4 Å². The first-order valence-corrected chi connectivity index (χ1v) is 10.4. The van der Waals surface area contributed by atoms with E-state index in [9.17, 15) is 9.59 Å². The van der Waals surface area contributed by atoms with Gasteiger partial charge >= 0.3 is 0 Å². The van der Waals surface area contributed by atoms with Crippen LogP contribution < -0.4 is 10.9 Å². The number of carbonyl (C=O) groups is 1. The standard InChI is InChI=1S/C24H23ClN4O2/c1-14-19(25)11-8-12-20(14)26-23(31)16(3)29-21(30)13-18(17-9-6-5-7-10-17)22-15(2)27-28(4)24(22)29/h5-13,16H,1-4H3,(H,26,31). The molecule has 0 aliphatic rings. The van der Waals surface area contributed by atoms with Gasteiger partial charge in [0.25, 0.3) is 5.56 Å². The van der Waals surface area contributed by atoms with Gasteiger partial charge in [-0.1, -0.05) is 48.0 Å². The maximum Gasteiger partial charge on any atom is 0.253 e. The van der Waals surface area contributed by atoms with Crippen LogP contribution in [-0.4, -0.2) is 20.3 Å². The summed E-state index contributed by atoms with van der Waals surface area (Å²) in [6.45, 7) is 5.45. The Morgan fingerprint density at radius 2 is 1.81 bits per heavy atom. The quantitative estimate of drug-likeness (QED) is 0.498. The van der Waals surface area contributed by atoms with Gasteiger partial charge in [-0.3, -0.25) is 18.8 Å². The Balaban J connectivity index is 1.85. The van der Waals surface area contributed by atoms with Gasteiger partial charge in [0.05, 0.1) is 5.69 Å². The van der Waals surface area contributed by atoms with Crippen molar-refractivity contribution in [2.45, 2.75) is 26.8 Å². The Morgan fingerprint density at radius 1 is 1.10 bits per heavy atom. The van der Waals surface area contributed by atoms with Crippen molar-refractivity contribution in [3.05, 3.63) is 81.2 Å². The highest BCUT2D eigenvalue weighted by molar-refractivity contribution is 6.31. The number of rotatable bonds is 4. The van der Waals surface area contributed by atoms with E-state index in [4.69, 9.17) is 11.6 Å². The number of amides is 1. The number of pyridine rings is 1. The number of aryl methyl sites for hydroxylation is 2. The molecule has 6 nitrogen and oxygen atoms in total. The molecule has 0 fully saturated rings. The molecular formula is C24H23ClN4O2. The van der Waals surface area contributed by atoms with Gasteiger partial charge < -0.3 is 5.32 Å². The summed E-state index contributed by atoms with van der Waals surface area (Å²) in [4.78, 5) is 26.3. The third-order valence-electron chi connectivity index (χ3n) is 5.57. The summed E-state index contributed by atoms with van der Waals surface area (Å²) in [5.41, 5.74) is 4.27. The second-order valence-electron chi connectivity index (χ2n) is 7.62. The van der Waals surface area contributed by atoms with Crippen molar-refractivity contribution < 1.29 is 4.79 Å². The predicted octanol–water partition coefficient (Wildman–Crippen LogP) is 4.87. The lowest BCUT2D eigenvalue weighted by Crippen LogP contribution is -2.32. The number of hydrogen-bond acceptors (Lipinski definition) is 3. The number of nitrogens with zero attached hydrogens (tertiary/aromatic N) is 3. The van der Waals surface area contributed by atoms with E-state index < -0.39 is 6.04 Å². The molecule has 1 amide bonds. The summed E-state index contributed by atoms with van der Waals surface area (Å²) >= 11 is 6.18. The molecule has 4 aromatic rings. The Labute approximate surface area is 185 Å². The van der Waals surface area contributed by atoms with E-state index in [0.29, 0.717) is 16.4 Å². The summed E-state index contributed by atoms with van der Waals surface area (Å²) < 4.78 is 3.16. The van der Waals surface area contributed by atoms with Crippen molar-refractivity contribution in [1.82, 2.24) is 14.3 Å². The van der Waals surface area contributed by atoms with Crippen LogP contribution in [0.25, 0.3) is 22.2 Å². The molecular weight excluding hydrogens is 412 g/mol. The minimum absolute atomic E-state index is 0.264. The van der Waals surface area contributed by atoms with Gasteiger partial charge in [0.2, 0.25) is 5.91 Å². The molecule has 0 radical (unpaired) electrons. The van der Waals surface area contributed by atoms with Crippen molar-refractivity contribution in [1.29, 1.82) is 0 Å². The monoisotopic (exact) mass is 434 g/mol. The van der Waals surface area contributed by atoms with Crippen LogP contribution in [0.1, 0.15) is 24.2 Å². The van der Waals surface area contributed by atoms with E-state index in [0.717, 1.165) is 27.8 Å². The summed E-state index contributed by atoms with van der Waals surface area (Å²) in [5.74, 6) is -0.305. The third-order valence-corrected chi connectivity index (χ3v) is 5.98. The van der Waals surface area contributed by atoms with E-state index in [1.165, 1.54) is 4.57 Å². The van der Waals surface area contributed by atoms with Gasteiger partial charge in [-0.2, -0.15) is 5.10 Å². The first-order chi connectivity index (χ1) is 14.8. The second-order valence-corrected chi connectivity index (χ2v) is 8.02. The summed E-state index contributed by atoms with van der Waals surface area (Å²) in [7, 11) is 1.78. The smallest absolute Gasteiger partial charge is 0.253 e. The minimum Gasteiger partial charge on any atom is -0.324 e. The average molecular weight is 435 g/mol. The Bertz CT molecular complexity index is 1360. The number of aromatic nitrogens is 3. The minimum atomic E-state index is -0.756. The van der Waals surface area contributed by atoms with E-state index in [2.05, 4.69) is 10.4 Å². The molecule has 2 heterocycles. The molecule has 2 aromatic carbocycles. The van der Waals surface area contributed by atoms with Gasteiger partial charge in [-0.05, 0) is 49.6 Å². The van der Waals surface area contributed by atoms with E-state index in [1.54, 1.807) is 42.9 Å². The van der Waals surface area contributed by atoms with Crippen molar-refractivity contribution in [2.75, 3.05) is 5.32 Å². The van der Waals surface area contributed by atoms with E-state index in [-0.39, 0.29) is 11.5 Å². The van der Waals surface area contributed by atoms with Crippen LogP contribution in [0.2, 0.25) is 5.02 Å². The topological polar surface area (TPSA) is 68.9 Å². The largest absolute Gasteiger partial charge is 0.324 e. The Kier molecular flexibility index (Phi) is 5.41. The molecule has 0 aliphatic carbocycles. The molecule has 0 saturated heterocycles. The summed E-state index contributed by atoms with van der Waals surface area (Å²) in [5, 5.41) is 8.86. The lowest BCUT2D eigenvalue weighted by atomic mass is 10.0. The molecule has 1 unspecified atom stereocenters. The predicted molar refractivity (Wildman–Crippen MR) is 125 cm³/mol. The van der Waals surface area contributed by atoms with Crippen LogP contribution in [0.5, 0.6) is 0 Å². The number of halogens is 1. The third kappa shape index (κ3) is 3.64. The zero-order valence-electron chi connectivity index (χ0n) is 17.8. The number of nitrogens with one attached hydrogen (secondary N) is 1. The number of benzene rings is 2. The lowest BCUT2D eigenvalue weighted by molar-refractivity contribution is -0.118. The highest BCUT2D eigenvalue weighted by Crippen LogP contribution is 2.31. The number of fused-ring (bicyclic) bond motifs is 1. The van der Waals surface area contributed by atoms with Gasteiger partial charge in [0, 0.05) is 29.2 Å². The number of hydrogen-bond donors (Lipinski definition) is 1. The first kappa shape index (κ1) is 20.9. The molecule has 1 N–H and O–H groups in total. The molecule has 7 heteroatoms. The van der Waals surface area contributed by atoms with Crippen molar-refractivity contribution in [3.63, 3.8) is 0 Å². The van der Waals surface area contributed by atoms with Crippen molar-refractivity contribution >= 4 is 34.2 Å². The van der Waals surface area contributed by atoms with E-state index >= 15 is 0 Å². The SMILES string of the molecule is Cc1c(Cl)cccc1NC(=O)C(C)n1c(=O)cc(-c2ccccc2)c2c(C)nn(C)c21. The molecule has 4 rings (SSSR count).